The second kappa shape index (κ2) is 4.23. The Bertz CT molecular complexity index is 716. The second-order valence-electron chi connectivity index (χ2n) is 3.82. The summed E-state index contributed by atoms with van der Waals surface area (Å²) in [5, 5.41) is 10.7. The van der Waals surface area contributed by atoms with Gasteiger partial charge in [-0.1, -0.05) is 6.07 Å². The van der Waals surface area contributed by atoms with E-state index in [0.717, 1.165) is 4.88 Å². The molecule has 0 spiro atoms. The van der Waals surface area contributed by atoms with Gasteiger partial charge in [0.05, 0.1) is 4.88 Å². The van der Waals surface area contributed by atoms with Crippen molar-refractivity contribution < 1.29 is 4.79 Å². The van der Waals surface area contributed by atoms with Crippen molar-refractivity contribution in [3.05, 3.63) is 46.3 Å². The van der Waals surface area contributed by atoms with Crippen LogP contribution >= 0.6 is 11.3 Å². The van der Waals surface area contributed by atoms with Crippen LogP contribution in [0.5, 0.6) is 0 Å². The lowest BCUT2D eigenvalue weighted by atomic mass is 10.4. The van der Waals surface area contributed by atoms with Crippen molar-refractivity contribution in [1.82, 2.24) is 14.6 Å². The van der Waals surface area contributed by atoms with E-state index in [0.29, 0.717) is 16.5 Å². The first-order valence-electron chi connectivity index (χ1n) is 5.41. The molecule has 5 nitrogen and oxygen atoms in total. The smallest absolute Gasteiger partial charge is 0.268 e. The standard InChI is InChI=1S/C12H10N4OS/c1-8-5-6-9(18-8)11(17)13-12-15-14-10-4-2-3-7-16(10)12/h2-7H,1H3,(H,13,15,17). The van der Waals surface area contributed by atoms with E-state index < -0.39 is 0 Å². The van der Waals surface area contributed by atoms with E-state index in [4.69, 9.17) is 0 Å². The number of nitrogens with zero attached hydrogens (tertiary/aromatic N) is 3. The van der Waals surface area contributed by atoms with Gasteiger partial charge in [-0.15, -0.1) is 21.5 Å². The zero-order valence-corrected chi connectivity index (χ0v) is 10.4. The number of fused-ring (bicyclic) bond motifs is 1. The number of nitrogens with one attached hydrogen (secondary N) is 1. The highest BCUT2D eigenvalue weighted by Crippen LogP contribution is 2.16. The zero-order valence-electron chi connectivity index (χ0n) is 9.62. The lowest BCUT2D eigenvalue weighted by molar-refractivity contribution is 0.102. The average molecular weight is 258 g/mol. The topological polar surface area (TPSA) is 59.3 Å². The van der Waals surface area contributed by atoms with Crippen molar-refractivity contribution >= 4 is 28.8 Å². The predicted molar refractivity (Wildman–Crippen MR) is 70.0 cm³/mol. The molecule has 0 aromatic carbocycles. The lowest BCUT2D eigenvalue weighted by Crippen LogP contribution is -2.12. The first kappa shape index (κ1) is 10.9. The van der Waals surface area contributed by atoms with Gasteiger partial charge in [-0.2, -0.15) is 0 Å². The maximum Gasteiger partial charge on any atom is 0.268 e. The molecule has 0 aliphatic rings. The monoisotopic (exact) mass is 258 g/mol. The molecule has 0 aliphatic carbocycles. The summed E-state index contributed by atoms with van der Waals surface area (Å²) < 4.78 is 1.73. The summed E-state index contributed by atoms with van der Waals surface area (Å²) in [6.07, 6.45) is 1.81. The van der Waals surface area contributed by atoms with Crippen LogP contribution in [-0.4, -0.2) is 20.5 Å². The van der Waals surface area contributed by atoms with Gasteiger partial charge in [0, 0.05) is 11.1 Å². The summed E-state index contributed by atoms with van der Waals surface area (Å²) in [5.74, 6) is 0.271. The number of thiophene rings is 1. The first-order chi connectivity index (χ1) is 8.74. The molecule has 0 fully saturated rings. The number of carbonyl (C=O) groups is 1. The van der Waals surface area contributed by atoms with Gasteiger partial charge in [0.15, 0.2) is 5.65 Å². The molecule has 0 saturated carbocycles. The fraction of sp³-hybridized carbons (Fsp3) is 0.0833. The molecule has 3 aromatic rings. The maximum atomic E-state index is 12.0. The first-order valence-corrected chi connectivity index (χ1v) is 6.23. The Morgan fingerprint density at radius 2 is 2.17 bits per heavy atom. The van der Waals surface area contributed by atoms with E-state index in [-0.39, 0.29) is 5.91 Å². The Balaban J connectivity index is 1.90. The normalized spacial score (nSPS) is 10.7. The molecule has 1 N–H and O–H groups in total. The number of aryl methyl sites for hydroxylation is 1. The van der Waals surface area contributed by atoms with Crippen molar-refractivity contribution in [3.63, 3.8) is 0 Å². The molecule has 0 atom stereocenters. The molecular weight excluding hydrogens is 248 g/mol. The van der Waals surface area contributed by atoms with E-state index in [2.05, 4.69) is 15.5 Å². The molecule has 3 aromatic heterocycles. The summed E-state index contributed by atoms with van der Waals surface area (Å²) in [7, 11) is 0. The molecule has 1 amide bonds. The number of amides is 1. The van der Waals surface area contributed by atoms with Crippen LogP contribution in [-0.2, 0) is 0 Å². The Hall–Kier alpha value is -2.21. The quantitative estimate of drug-likeness (QED) is 0.767. The Morgan fingerprint density at radius 1 is 1.28 bits per heavy atom. The van der Waals surface area contributed by atoms with Gasteiger partial charge in [-0.05, 0) is 31.2 Å². The van der Waals surface area contributed by atoms with Crippen molar-refractivity contribution in [2.45, 2.75) is 6.92 Å². The van der Waals surface area contributed by atoms with Gasteiger partial charge < -0.3 is 0 Å². The van der Waals surface area contributed by atoms with Gasteiger partial charge in [-0.3, -0.25) is 14.5 Å². The van der Waals surface area contributed by atoms with Gasteiger partial charge in [0.2, 0.25) is 5.95 Å². The van der Waals surface area contributed by atoms with E-state index in [9.17, 15) is 4.79 Å². The van der Waals surface area contributed by atoms with E-state index in [1.807, 2.05) is 37.4 Å². The van der Waals surface area contributed by atoms with Gasteiger partial charge in [-0.25, -0.2) is 0 Å². The maximum absolute atomic E-state index is 12.0. The minimum atomic E-state index is -0.161. The predicted octanol–water partition coefficient (Wildman–Crippen LogP) is 2.35. The number of hydrogen-bond donors (Lipinski definition) is 1. The third-order valence-corrected chi connectivity index (χ3v) is 3.50. The third-order valence-electron chi connectivity index (χ3n) is 2.50. The molecule has 0 bridgehead atoms. The van der Waals surface area contributed by atoms with Crippen LogP contribution < -0.4 is 5.32 Å². The van der Waals surface area contributed by atoms with E-state index in [1.54, 1.807) is 10.5 Å². The number of hydrogen-bond acceptors (Lipinski definition) is 4. The summed E-state index contributed by atoms with van der Waals surface area (Å²) in [4.78, 5) is 13.8. The molecular formula is C12H10N4OS. The molecule has 3 rings (SSSR count). The van der Waals surface area contributed by atoms with Crippen LogP contribution in [0.25, 0.3) is 5.65 Å². The van der Waals surface area contributed by atoms with Crippen molar-refractivity contribution in [2.24, 2.45) is 0 Å². The van der Waals surface area contributed by atoms with Crippen LogP contribution in [0.15, 0.2) is 36.5 Å². The van der Waals surface area contributed by atoms with Crippen LogP contribution in [0, 0.1) is 6.92 Å². The molecule has 0 radical (unpaired) electrons. The van der Waals surface area contributed by atoms with Crippen LogP contribution in [0.4, 0.5) is 5.95 Å². The fourth-order valence-corrected chi connectivity index (χ4v) is 2.41. The summed E-state index contributed by atoms with van der Waals surface area (Å²) in [6.45, 7) is 1.97. The van der Waals surface area contributed by atoms with E-state index in [1.165, 1.54) is 11.3 Å². The summed E-state index contributed by atoms with van der Waals surface area (Å²) >= 11 is 1.45. The Kier molecular flexibility index (Phi) is 2.56. The number of rotatable bonds is 2. The van der Waals surface area contributed by atoms with Gasteiger partial charge in [0.25, 0.3) is 5.91 Å². The fourth-order valence-electron chi connectivity index (χ4n) is 1.65. The van der Waals surface area contributed by atoms with Crippen LogP contribution in [0.2, 0.25) is 0 Å². The lowest BCUT2D eigenvalue weighted by Gasteiger charge is -2.00. The molecule has 6 heteroatoms. The van der Waals surface area contributed by atoms with Gasteiger partial charge in [0.1, 0.15) is 0 Å². The number of pyridine rings is 1. The minimum Gasteiger partial charge on any atom is -0.289 e. The summed E-state index contributed by atoms with van der Waals surface area (Å²) in [6, 6.07) is 9.29. The average Bonchev–Trinajstić information content (AvgIpc) is 2.97. The highest BCUT2D eigenvalue weighted by atomic mass is 32.1. The van der Waals surface area contributed by atoms with Crippen LogP contribution in [0.1, 0.15) is 14.5 Å². The minimum absolute atomic E-state index is 0.161. The van der Waals surface area contributed by atoms with Crippen molar-refractivity contribution in [2.75, 3.05) is 5.32 Å². The molecule has 0 unspecified atom stereocenters. The molecule has 18 heavy (non-hydrogen) atoms. The highest BCUT2D eigenvalue weighted by molar-refractivity contribution is 7.14. The zero-order chi connectivity index (χ0) is 12.5. The SMILES string of the molecule is Cc1ccc(C(=O)Nc2nnc3ccccn23)s1. The second-order valence-corrected chi connectivity index (χ2v) is 5.10. The molecule has 0 aliphatic heterocycles. The Morgan fingerprint density at radius 3 is 2.94 bits per heavy atom. The van der Waals surface area contributed by atoms with Crippen molar-refractivity contribution in [3.8, 4) is 0 Å². The number of aromatic nitrogens is 3. The highest BCUT2D eigenvalue weighted by Gasteiger charge is 2.12. The molecule has 3 heterocycles. The van der Waals surface area contributed by atoms with Gasteiger partial charge >= 0.3 is 0 Å². The van der Waals surface area contributed by atoms with E-state index >= 15 is 0 Å². The van der Waals surface area contributed by atoms with Crippen molar-refractivity contribution in [1.29, 1.82) is 0 Å². The largest absolute Gasteiger partial charge is 0.289 e. The molecule has 0 saturated heterocycles. The van der Waals surface area contributed by atoms with Crippen LogP contribution in [0.3, 0.4) is 0 Å². The summed E-state index contributed by atoms with van der Waals surface area (Å²) in [5.41, 5.74) is 0.704. The third kappa shape index (κ3) is 1.86. The molecule has 90 valence electrons. The Labute approximate surface area is 107 Å². The number of anilines is 1. The number of carbonyl (C=O) groups excluding carboxylic acids is 1.